The van der Waals surface area contributed by atoms with E-state index in [1.54, 1.807) is 33.0 Å². The van der Waals surface area contributed by atoms with Gasteiger partial charge in [0.15, 0.2) is 6.10 Å². The number of aromatic amines is 1. The van der Waals surface area contributed by atoms with E-state index in [4.69, 9.17) is 4.74 Å². The van der Waals surface area contributed by atoms with Crippen LogP contribution in [-0.2, 0) is 14.3 Å². The number of aromatic nitrogens is 1. The molecule has 0 aliphatic heterocycles. The second-order valence-corrected chi connectivity index (χ2v) is 7.04. The number of aliphatic hydroxyl groups is 1. The van der Waals surface area contributed by atoms with Crippen molar-refractivity contribution in [3.8, 4) is 0 Å². The van der Waals surface area contributed by atoms with Gasteiger partial charge in [0.2, 0.25) is 0 Å². The van der Waals surface area contributed by atoms with Crippen molar-refractivity contribution in [2.45, 2.75) is 44.8 Å². The molecular formula is C20H25NO5. The van der Waals surface area contributed by atoms with Crippen LogP contribution in [0.3, 0.4) is 0 Å². The molecule has 2 N–H and O–H groups in total. The van der Waals surface area contributed by atoms with Crippen molar-refractivity contribution >= 4 is 11.9 Å². The molecule has 0 bridgehead atoms. The van der Waals surface area contributed by atoms with Crippen LogP contribution in [-0.4, -0.2) is 40.8 Å². The third-order valence-corrected chi connectivity index (χ3v) is 3.88. The van der Waals surface area contributed by atoms with Crippen LogP contribution >= 0.6 is 0 Å². The maximum absolute atomic E-state index is 12.6. The summed E-state index contributed by atoms with van der Waals surface area (Å²) in [6.07, 6.45) is 0.419. The Morgan fingerprint density at radius 2 is 1.81 bits per heavy atom. The quantitative estimate of drug-likeness (QED) is 0.774. The molecule has 2 aromatic rings. The van der Waals surface area contributed by atoms with E-state index in [2.05, 4.69) is 9.72 Å². The van der Waals surface area contributed by atoms with Crippen LogP contribution < -0.4 is 0 Å². The first kappa shape index (κ1) is 19.7. The Morgan fingerprint density at radius 3 is 2.38 bits per heavy atom. The molecular weight excluding hydrogens is 334 g/mol. The maximum Gasteiger partial charge on any atom is 0.340 e. The lowest BCUT2D eigenvalue weighted by Gasteiger charge is -2.23. The summed E-state index contributed by atoms with van der Waals surface area (Å²) in [6, 6.07) is 11.0. The number of rotatable bonds is 6. The second-order valence-electron chi connectivity index (χ2n) is 7.04. The Morgan fingerprint density at radius 1 is 1.15 bits per heavy atom. The normalized spacial score (nSPS) is 13.7. The van der Waals surface area contributed by atoms with Gasteiger partial charge in [0, 0.05) is 17.8 Å². The first-order valence-corrected chi connectivity index (χ1v) is 8.44. The van der Waals surface area contributed by atoms with Crippen molar-refractivity contribution in [3.05, 3.63) is 59.4 Å². The van der Waals surface area contributed by atoms with Crippen molar-refractivity contribution in [3.63, 3.8) is 0 Å². The zero-order chi connectivity index (χ0) is 19.3. The van der Waals surface area contributed by atoms with Gasteiger partial charge >= 0.3 is 11.9 Å². The summed E-state index contributed by atoms with van der Waals surface area (Å²) < 4.78 is 10.1. The van der Waals surface area contributed by atoms with Gasteiger partial charge in [0.25, 0.3) is 0 Å². The summed E-state index contributed by atoms with van der Waals surface area (Å²) in [5, 5.41) is 10.2. The molecule has 2 rings (SSSR count). The fourth-order valence-electron chi connectivity index (χ4n) is 2.74. The highest BCUT2D eigenvalue weighted by Crippen LogP contribution is 2.31. The predicted molar refractivity (Wildman–Crippen MR) is 96.9 cm³/mol. The smallest absolute Gasteiger partial charge is 0.340 e. The first-order chi connectivity index (χ1) is 12.2. The molecule has 6 heteroatoms. The van der Waals surface area contributed by atoms with Crippen LogP contribution in [0.15, 0.2) is 42.6 Å². The van der Waals surface area contributed by atoms with E-state index in [1.165, 1.54) is 7.11 Å². The third-order valence-electron chi connectivity index (χ3n) is 3.88. The van der Waals surface area contributed by atoms with Gasteiger partial charge in [0.1, 0.15) is 5.60 Å². The van der Waals surface area contributed by atoms with Gasteiger partial charge in [0.05, 0.1) is 12.7 Å². The molecule has 26 heavy (non-hydrogen) atoms. The van der Waals surface area contributed by atoms with Gasteiger partial charge in [-0.2, -0.15) is 0 Å². The maximum atomic E-state index is 12.6. The molecule has 1 heterocycles. The number of nitrogens with one attached hydrogen (secondary N) is 1. The summed E-state index contributed by atoms with van der Waals surface area (Å²) in [6.45, 7) is 5.40. The highest BCUT2D eigenvalue weighted by molar-refractivity contribution is 5.91. The highest BCUT2D eigenvalue weighted by Gasteiger charge is 2.29. The van der Waals surface area contributed by atoms with Crippen LogP contribution in [0.1, 0.15) is 54.7 Å². The van der Waals surface area contributed by atoms with Gasteiger partial charge < -0.3 is 19.6 Å². The monoisotopic (exact) mass is 359 g/mol. The standard InChI is InChI=1S/C20H25NO5/c1-20(2,3)26-18(23)14-10-11-21-17(14)15(12-16(22)19(24)25-4)13-8-6-5-7-9-13/h5-11,15-16,21-22H,12H2,1-4H3. The number of H-pyrrole nitrogens is 1. The Bertz CT molecular complexity index is 745. The molecule has 1 aromatic heterocycles. The average Bonchev–Trinajstić information content (AvgIpc) is 3.07. The summed E-state index contributed by atoms with van der Waals surface area (Å²) in [7, 11) is 1.23. The van der Waals surface area contributed by atoms with Crippen LogP contribution in [0, 0.1) is 0 Å². The third kappa shape index (κ3) is 4.95. The fourth-order valence-corrected chi connectivity index (χ4v) is 2.74. The number of esters is 2. The van der Waals surface area contributed by atoms with Crippen molar-refractivity contribution in [2.75, 3.05) is 7.11 Å². The lowest BCUT2D eigenvalue weighted by atomic mass is 9.88. The molecule has 0 amide bonds. The number of hydrogen-bond acceptors (Lipinski definition) is 5. The molecule has 2 unspecified atom stereocenters. The van der Waals surface area contributed by atoms with E-state index in [-0.39, 0.29) is 6.42 Å². The Balaban J connectivity index is 2.39. The molecule has 0 spiro atoms. The van der Waals surface area contributed by atoms with E-state index in [9.17, 15) is 14.7 Å². The minimum absolute atomic E-state index is 0.0764. The Kier molecular flexibility index (Phi) is 6.21. The molecule has 1 aromatic carbocycles. The van der Waals surface area contributed by atoms with Crippen LogP contribution in [0.25, 0.3) is 0 Å². The minimum atomic E-state index is -1.31. The molecule has 6 nitrogen and oxygen atoms in total. The second kappa shape index (κ2) is 8.19. The predicted octanol–water partition coefficient (Wildman–Crippen LogP) is 3.03. The highest BCUT2D eigenvalue weighted by atomic mass is 16.6. The lowest BCUT2D eigenvalue weighted by molar-refractivity contribution is -0.150. The van der Waals surface area contributed by atoms with Crippen LogP contribution in [0.4, 0.5) is 0 Å². The summed E-state index contributed by atoms with van der Waals surface area (Å²) in [4.78, 5) is 27.3. The fraction of sp³-hybridized carbons (Fsp3) is 0.400. The van der Waals surface area contributed by atoms with Crippen molar-refractivity contribution in [2.24, 2.45) is 0 Å². The molecule has 140 valence electrons. The van der Waals surface area contributed by atoms with Crippen LogP contribution in [0.2, 0.25) is 0 Å². The largest absolute Gasteiger partial charge is 0.467 e. The number of methoxy groups -OCH3 is 1. The zero-order valence-corrected chi connectivity index (χ0v) is 15.5. The summed E-state index contributed by atoms with van der Waals surface area (Å²) in [5.41, 5.74) is 1.21. The van der Waals surface area contributed by atoms with Gasteiger partial charge in [-0.15, -0.1) is 0 Å². The summed E-state index contributed by atoms with van der Waals surface area (Å²) >= 11 is 0. The van der Waals surface area contributed by atoms with E-state index >= 15 is 0 Å². The van der Waals surface area contributed by atoms with Gasteiger partial charge in [-0.25, -0.2) is 9.59 Å². The molecule has 0 saturated heterocycles. The lowest BCUT2D eigenvalue weighted by Crippen LogP contribution is -2.27. The van der Waals surface area contributed by atoms with Gasteiger partial charge in [-0.1, -0.05) is 30.3 Å². The molecule has 0 saturated carbocycles. The van der Waals surface area contributed by atoms with Gasteiger partial charge in [-0.3, -0.25) is 0 Å². The van der Waals surface area contributed by atoms with E-state index < -0.39 is 29.6 Å². The summed E-state index contributed by atoms with van der Waals surface area (Å²) in [5.74, 6) is -1.57. The van der Waals surface area contributed by atoms with E-state index in [1.807, 2.05) is 30.3 Å². The van der Waals surface area contributed by atoms with Crippen molar-refractivity contribution in [1.82, 2.24) is 4.98 Å². The average molecular weight is 359 g/mol. The number of aliphatic hydroxyl groups excluding tert-OH is 1. The zero-order valence-electron chi connectivity index (χ0n) is 15.5. The number of carbonyl (C=O) groups is 2. The number of hydrogen-bond donors (Lipinski definition) is 2. The SMILES string of the molecule is COC(=O)C(O)CC(c1ccccc1)c1[nH]ccc1C(=O)OC(C)(C)C. The van der Waals surface area contributed by atoms with E-state index in [0.717, 1.165) is 5.56 Å². The molecule has 0 fully saturated rings. The number of benzene rings is 1. The van der Waals surface area contributed by atoms with E-state index in [0.29, 0.717) is 11.3 Å². The Labute approximate surface area is 153 Å². The molecule has 2 atom stereocenters. The molecule has 0 radical (unpaired) electrons. The van der Waals surface area contributed by atoms with Gasteiger partial charge in [-0.05, 0) is 38.8 Å². The Hall–Kier alpha value is -2.60. The first-order valence-electron chi connectivity index (χ1n) is 8.44. The molecule has 0 aliphatic rings. The van der Waals surface area contributed by atoms with Crippen LogP contribution in [0.5, 0.6) is 0 Å². The van der Waals surface area contributed by atoms with Crippen molar-refractivity contribution in [1.29, 1.82) is 0 Å². The topological polar surface area (TPSA) is 88.6 Å². The minimum Gasteiger partial charge on any atom is -0.467 e. The number of ether oxygens (including phenoxy) is 2. The molecule has 0 aliphatic carbocycles. The van der Waals surface area contributed by atoms with Crippen molar-refractivity contribution < 1.29 is 24.2 Å². The number of carbonyl (C=O) groups excluding carboxylic acids is 2.